The molecule has 1 aliphatic carbocycles. The lowest BCUT2D eigenvalue weighted by Crippen LogP contribution is -2.37. The van der Waals surface area contributed by atoms with Crippen LogP contribution in [0.3, 0.4) is 0 Å². The van der Waals surface area contributed by atoms with Gasteiger partial charge in [0.15, 0.2) is 11.5 Å². The van der Waals surface area contributed by atoms with Gasteiger partial charge in [0.05, 0.1) is 12.4 Å². The zero-order valence-electron chi connectivity index (χ0n) is 12.5. The first-order valence-corrected chi connectivity index (χ1v) is 7.51. The molecule has 0 atom stereocenters. The van der Waals surface area contributed by atoms with Crippen LogP contribution in [-0.2, 0) is 0 Å². The van der Waals surface area contributed by atoms with Crippen LogP contribution in [0.4, 0.5) is 11.8 Å². The first kappa shape index (κ1) is 14.1. The third kappa shape index (κ3) is 2.92. The van der Waals surface area contributed by atoms with Crippen LogP contribution in [0.2, 0.25) is 0 Å². The van der Waals surface area contributed by atoms with E-state index in [2.05, 4.69) is 37.1 Å². The predicted octanol–water partition coefficient (Wildman–Crippen LogP) is 1.38. The van der Waals surface area contributed by atoms with Gasteiger partial charge in [0.1, 0.15) is 5.52 Å². The van der Waals surface area contributed by atoms with E-state index in [1.165, 1.54) is 0 Å². The molecule has 7 nitrogen and oxygen atoms in total. The molecular formula is C14H22N6O. The molecule has 2 aromatic heterocycles. The minimum atomic E-state index is -0.122. The van der Waals surface area contributed by atoms with E-state index >= 15 is 0 Å². The van der Waals surface area contributed by atoms with Crippen LogP contribution in [0.5, 0.6) is 0 Å². The minimum Gasteiger partial charge on any atom is -0.393 e. The molecule has 0 amide bonds. The number of imidazole rings is 1. The van der Waals surface area contributed by atoms with Gasteiger partial charge in [-0.2, -0.15) is 9.97 Å². The van der Waals surface area contributed by atoms with Gasteiger partial charge in [-0.15, -0.1) is 0 Å². The van der Waals surface area contributed by atoms with E-state index in [1.54, 1.807) is 6.33 Å². The molecule has 2 aromatic rings. The van der Waals surface area contributed by atoms with E-state index in [1.807, 2.05) is 7.05 Å². The van der Waals surface area contributed by atoms with Crippen molar-refractivity contribution in [3.63, 3.8) is 0 Å². The number of nitrogens with one attached hydrogen (secondary N) is 2. The first-order valence-electron chi connectivity index (χ1n) is 7.51. The normalized spacial score (nSPS) is 21.3. The largest absolute Gasteiger partial charge is 0.393 e. The van der Waals surface area contributed by atoms with Crippen LogP contribution < -0.4 is 10.2 Å². The molecule has 21 heavy (non-hydrogen) atoms. The summed E-state index contributed by atoms with van der Waals surface area (Å²) in [5, 5.41) is 12.6. The molecule has 1 aliphatic rings. The number of aliphatic hydroxyl groups excluding tert-OH is 1. The van der Waals surface area contributed by atoms with Crippen molar-refractivity contribution in [2.24, 2.45) is 5.92 Å². The van der Waals surface area contributed by atoms with Gasteiger partial charge in [-0.1, -0.05) is 6.92 Å². The summed E-state index contributed by atoms with van der Waals surface area (Å²) in [6.07, 6.45) is 4.30. The van der Waals surface area contributed by atoms with Crippen molar-refractivity contribution in [2.75, 3.05) is 30.4 Å². The Kier molecular flexibility index (Phi) is 3.92. The van der Waals surface area contributed by atoms with Crippen LogP contribution in [-0.4, -0.2) is 51.3 Å². The second-order valence-corrected chi connectivity index (χ2v) is 5.77. The Morgan fingerprint density at radius 3 is 2.95 bits per heavy atom. The Labute approximate surface area is 123 Å². The summed E-state index contributed by atoms with van der Waals surface area (Å²) >= 11 is 0. The fourth-order valence-electron chi connectivity index (χ4n) is 2.73. The molecule has 0 unspecified atom stereocenters. The van der Waals surface area contributed by atoms with Crippen molar-refractivity contribution in [3.05, 3.63) is 6.33 Å². The second kappa shape index (κ2) is 5.85. The Balaban J connectivity index is 1.82. The van der Waals surface area contributed by atoms with Gasteiger partial charge in [-0.25, -0.2) is 4.98 Å². The standard InChI is InChI=1S/C14H22N6O/c1-3-4-15-14-18-12-11(16-8-17-12)13(19-14)20(2)7-9-5-10(21)6-9/h8-10,21H,3-7H2,1-2H3,(H2,15,16,17,18,19). The summed E-state index contributed by atoms with van der Waals surface area (Å²) in [4.78, 5) is 18.5. The molecule has 2 heterocycles. The highest BCUT2D eigenvalue weighted by Gasteiger charge is 2.29. The summed E-state index contributed by atoms with van der Waals surface area (Å²) in [6.45, 7) is 3.83. The highest BCUT2D eigenvalue weighted by molar-refractivity contribution is 5.84. The number of hydrogen-bond acceptors (Lipinski definition) is 6. The van der Waals surface area contributed by atoms with Gasteiger partial charge < -0.3 is 20.3 Å². The quantitative estimate of drug-likeness (QED) is 0.744. The highest BCUT2D eigenvalue weighted by Crippen LogP contribution is 2.30. The predicted molar refractivity (Wildman–Crippen MR) is 82.5 cm³/mol. The molecule has 3 N–H and O–H groups in total. The van der Waals surface area contributed by atoms with Crippen LogP contribution in [0.25, 0.3) is 11.2 Å². The third-order valence-electron chi connectivity index (χ3n) is 3.90. The molecule has 114 valence electrons. The van der Waals surface area contributed by atoms with Gasteiger partial charge in [-0.05, 0) is 25.2 Å². The van der Waals surface area contributed by atoms with Crippen molar-refractivity contribution in [2.45, 2.75) is 32.3 Å². The summed E-state index contributed by atoms with van der Waals surface area (Å²) in [5.41, 5.74) is 1.54. The monoisotopic (exact) mass is 290 g/mol. The number of aromatic nitrogens is 4. The molecule has 7 heteroatoms. The van der Waals surface area contributed by atoms with Crippen molar-refractivity contribution in [1.29, 1.82) is 0 Å². The van der Waals surface area contributed by atoms with E-state index in [0.717, 1.165) is 43.7 Å². The van der Waals surface area contributed by atoms with E-state index in [4.69, 9.17) is 0 Å². The number of aromatic amines is 1. The topological polar surface area (TPSA) is 90.0 Å². The number of rotatable bonds is 6. The number of nitrogens with zero attached hydrogens (tertiary/aromatic N) is 4. The number of fused-ring (bicyclic) bond motifs is 1. The number of hydrogen-bond donors (Lipinski definition) is 3. The summed E-state index contributed by atoms with van der Waals surface area (Å²) in [5.74, 6) is 2.01. The van der Waals surface area contributed by atoms with Crippen LogP contribution >= 0.6 is 0 Å². The summed E-state index contributed by atoms with van der Waals surface area (Å²) in [6, 6.07) is 0. The Hall–Kier alpha value is -1.89. The lowest BCUT2D eigenvalue weighted by molar-refractivity contribution is 0.0464. The molecular weight excluding hydrogens is 268 g/mol. The molecule has 0 spiro atoms. The van der Waals surface area contributed by atoms with Crippen molar-refractivity contribution >= 4 is 22.9 Å². The maximum atomic E-state index is 9.41. The molecule has 0 radical (unpaired) electrons. The summed E-state index contributed by atoms with van der Waals surface area (Å²) < 4.78 is 0. The maximum Gasteiger partial charge on any atom is 0.226 e. The van der Waals surface area contributed by atoms with Gasteiger partial charge in [0.25, 0.3) is 0 Å². The first-order chi connectivity index (χ1) is 10.2. The summed E-state index contributed by atoms with van der Waals surface area (Å²) in [7, 11) is 2.02. The van der Waals surface area contributed by atoms with E-state index in [0.29, 0.717) is 17.5 Å². The fraction of sp³-hybridized carbons (Fsp3) is 0.643. The Morgan fingerprint density at radius 2 is 2.24 bits per heavy atom. The fourth-order valence-corrected chi connectivity index (χ4v) is 2.73. The lowest BCUT2D eigenvalue weighted by atomic mass is 9.82. The molecule has 3 rings (SSSR count). The zero-order chi connectivity index (χ0) is 14.8. The third-order valence-corrected chi connectivity index (χ3v) is 3.90. The van der Waals surface area contributed by atoms with Crippen molar-refractivity contribution < 1.29 is 5.11 Å². The smallest absolute Gasteiger partial charge is 0.226 e. The molecule has 1 saturated carbocycles. The van der Waals surface area contributed by atoms with Crippen LogP contribution in [0, 0.1) is 5.92 Å². The molecule has 0 bridgehead atoms. The number of H-pyrrole nitrogens is 1. The van der Waals surface area contributed by atoms with Gasteiger partial charge in [-0.3, -0.25) is 0 Å². The zero-order valence-corrected chi connectivity index (χ0v) is 12.5. The highest BCUT2D eigenvalue weighted by atomic mass is 16.3. The average Bonchev–Trinajstić information content (AvgIpc) is 2.90. The van der Waals surface area contributed by atoms with Crippen molar-refractivity contribution in [3.8, 4) is 0 Å². The van der Waals surface area contributed by atoms with Crippen molar-refractivity contribution in [1.82, 2.24) is 19.9 Å². The molecule has 0 aliphatic heterocycles. The molecule has 1 fully saturated rings. The van der Waals surface area contributed by atoms with E-state index < -0.39 is 0 Å². The minimum absolute atomic E-state index is 0.122. The second-order valence-electron chi connectivity index (χ2n) is 5.77. The van der Waals surface area contributed by atoms with Gasteiger partial charge >= 0.3 is 0 Å². The maximum absolute atomic E-state index is 9.41. The Bertz CT molecular complexity index is 607. The van der Waals surface area contributed by atoms with Gasteiger partial charge in [0, 0.05) is 20.1 Å². The number of anilines is 2. The molecule has 0 saturated heterocycles. The van der Waals surface area contributed by atoms with E-state index in [-0.39, 0.29) is 6.10 Å². The number of aliphatic hydroxyl groups is 1. The SMILES string of the molecule is CCCNc1nc(N(C)CC2CC(O)C2)c2[nH]cnc2n1. The average molecular weight is 290 g/mol. The van der Waals surface area contributed by atoms with Crippen LogP contribution in [0.15, 0.2) is 6.33 Å². The van der Waals surface area contributed by atoms with Crippen LogP contribution in [0.1, 0.15) is 26.2 Å². The molecule has 0 aromatic carbocycles. The van der Waals surface area contributed by atoms with E-state index in [9.17, 15) is 5.11 Å². The van der Waals surface area contributed by atoms with Gasteiger partial charge in [0.2, 0.25) is 5.95 Å². The lowest BCUT2D eigenvalue weighted by Gasteiger charge is -2.34. The Morgan fingerprint density at radius 1 is 1.43 bits per heavy atom.